The number of nitrogens with zero attached hydrogens (tertiary/aromatic N) is 4. The fourth-order valence-corrected chi connectivity index (χ4v) is 5.04. The molecular formula is C18H21F4N5O3S. The number of carbonyl (C=O) groups excluding carboxylic acids is 1. The molecule has 0 bridgehead atoms. The number of nitrogens with one attached hydrogen (secondary N) is 1. The summed E-state index contributed by atoms with van der Waals surface area (Å²) in [6, 6.07) is 2.81. The number of halogens is 4. The van der Waals surface area contributed by atoms with Gasteiger partial charge in [0.2, 0.25) is 9.84 Å². The van der Waals surface area contributed by atoms with Crippen molar-refractivity contribution in [2.75, 3.05) is 18.4 Å². The molecule has 0 unspecified atom stereocenters. The van der Waals surface area contributed by atoms with E-state index < -0.39 is 44.1 Å². The van der Waals surface area contributed by atoms with Crippen molar-refractivity contribution in [2.45, 2.75) is 36.3 Å². The van der Waals surface area contributed by atoms with Crippen molar-refractivity contribution in [1.29, 1.82) is 0 Å². The van der Waals surface area contributed by atoms with Crippen LogP contribution in [0.25, 0.3) is 0 Å². The quantitative estimate of drug-likeness (QED) is 0.686. The van der Waals surface area contributed by atoms with Gasteiger partial charge in [-0.15, -0.1) is 0 Å². The number of aryl methyl sites for hydroxylation is 2. The maximum absolute atomic E-state index is 14.9. The SMILES string of the molecule is Cc1ccc(NC(=O)N2CCC(C(F)(F)S(=O)(=O)c3cn(C)nc3C(F)F)CC2)cn1. The summed E-state index contributed by atoms with van der Waals surface area (Å²) in [6.45, 7) is 1.55. The Morgan fingerprint density at radius 3 is 2.45 bits per heavy atom. The van der Waals surface area contributed by atoms with E-state index in [1.165, 1.54) is 18.1 Å². The first-order valence-corrected chi connectivity index (χ1v) is 10.8. The minimum Gasteiger partial charge on any atom is -0.325 e. The van der Waals surface area contributed by atoms with Crippen LogP contribution in [-0.4, -0.2) is 52.5 Å². The number of hydrogen-bond donors (Lipinski definition) is 1. The van der Waals surface area contributed by atoms with Crippen LogP contribution < -0.4 is 5.32 Å². The van der Waals surface area contributed by atoms with Crippen molar-refractivity contribution in [3.63, 3.8) is 0 Å². The van der Waals surface area contributed by atoms with Crippen molar-refractivity contribution in [1.82, 2.24) is 19.7 Å². The lowest BCUT2D eigenvalue weighted by Crippen LogP contribution is -2.47. The van der Waals surface area contributed by atoms with Gasteiger partial charge in [-0.2, -0.15) is 13.9 Å². The van der Waals surface area contributed by atoms with E-state index in [1.807, 2.05) is 0 Å². The molecule has 0 aliphatic carbocycles. The Kier molecular flexibility index (Phi) is 6.25. The second kappa shape index (κ2) is 8.44. The molecule has 2 aromatic rings. The van der Waals surface area contributed by atoms with E-state index >= 15 is 0 Å². The molecule has 1 saturated heterocycles. The summed E-state index contributed by atoms with van der Waals surface area (Å²) in [7, 11) is -4.24. The molecule has 3 rings (SSSR count). The zero-order chi connectivity index (χ0) is 23.0. The van der Waals surface area contributed by atoms with Gasteiger partial charge < -0.3 is 10.2 Å². The monoisotopic (exact) mass is 463 g/mol. The molecule has 0 atom stereocenters. The van der Waals surface area contributed by atoms with Gasteiger partial charge in [0.25, 0.3) is 6.43 Å². The van der Waals surface area contributed by atoms with Crippen LogP contribution in [0.1, 0.15) is 30.7 Å². The normalized spacial score (nSPS) is 16.0. The first-order valence-electron chi connectivity index (χ1n) is 9.36. The third-order valence-electron chi connectivity index (χ3n) is 5.10. The number of sulfone groups is 1. The van der Waals surface area contributed by atoms with Gasteiger partial charge in [0.05, 0.1) is 11.9 Å². The molecule has 1 aliphatic rings. The zero-order valence-corrected chi connectivity index (χ0v) is 17.5. The molecule has 0 saturated carbocycles. The summed E-state index contributed by atoms with van der Waals surface area (Å²) in [5, 5.41) is 1.61. The number of carbonyl (C=O) groups is 1. The van der Waals surface area contributed by atoms with E-state index in [0.29, 0.717) is 11.9 Å². The van der Waals surface area contributed by atoms with Crippen LogP contribution in [0.4, 0.5) is 28.0 Å². The van der Waals surface area contributed by atoms with Crippen molar-refractivity contribution >= 4 is 21.6 Å². The molecule has 3 heterocycles. The molecule has 0 spiro atoms. The second-order valence-corrected chi connectivity index (χ2v) is 9.29. The number of urea groups is 1. The minimum absolute atomic E-state index is 0.115. The standard InChI is InChI=1S/C18H21F4N5O3S/c1-11-3-4-13(9-23-11)24-17(28)27-7-5-12(6-8-27)18(21,22)31(29,30)14-10-26(2)25-15(14)16(19)20/h3-4,9-10,12,16H,5-8H2,1-2H3,(H,24,28). The lowest BCUT2D eigenvalue weighted by atomic mass is 9.97. The Hall–Kier alpha value is -2.70. The predicted octanol–water partition coefficient (Wildman–Crippen LogP) is 3.37. The highest BCUT2D eigenvalue weighted by Gasteiger charge is 2.55. The van der Waals surface area contributed by atoms with E-state index in [4.69, 9.17) is 0 Å². The van der Waals surface area contributed by atoms with E-state index in [9.17, 15) is 30.8 Å². The molecule has 1 fully saturated rings. The molecule has 2 amide bonds. The number of likely N-dealkylation sites (tertiary alicyclic amines) is 1. The maximum Gasteiger partial charge on any atom is 0.353 e. The Balaban J connectivity index is 1.70. The van der Waals surface area contributed by atoms with Crippen LogP contribution >= 0.6 is 0 Å². The van der Waals surface area contributed by atoms with Gasteiger partial charge in [0, 0.05) is 37.9 Å². The van der Waals surface area contributed by atoms with Crippen LogP contribution in [-0.2, 0) is 16.9 Å². The van der Waals surface area contributed by atoms with Gasteiger partial charge in [-0.3, -0.25) is 9.67 Å². The Morgan fingerprint density at radius 1 is 1.26 bits per heavy atom. The van der Waals surface area contributed by atoms with Gasteiger partial charge in [0.1, 0.15) is 10.6 Å². The summed E-state index contributed by atoms with van der Waals surface area (Å²) in [5.74, 6) is -1.63. The fraction of sp³-hybridized carbons (Fsp3) is 0.500. The highest BCUT2D eigenvalue weighted by molar-refractivity contribution is 7.92. The Labute approximate surface area is 176 Å². The summed E-state index contributed by atoms with van der Waals surface area (Å²) in [6.07, 6.45) is -1.83. The first kappa shape index (κ1) is 23.0. The molecule has 8 nitrogen and oxygen atoms in total. The van der Waals surface area contributed by atoms with Crippen LogP contribution in [0, 0.1) is 12.8 Å². The molecular weight excluding hydrogens is 442 g/mol. The average molecular weight is 463 g/mol. The van der Waals surface area contributed by atoms with Gasteiger partial charge >= 0.3 is 11.3 Å². The number of hydrogen-bond acceptors (Lipinski definition) is 5. The number of amides is 2. The largest absolute Gasteiger partial charge is 0.353 e. The average Bonchev–Trinajstić information content (AvgIpc) is 3.12. The van der Waals surface area contributed by atoms with E-state index in [2.05, 4.69) is 15.4 Å². The molecule has 1 aliphatic heterocycles. The Bertz CT molecular complexity index is 1050. The van der Waals surface area contributed by atoms with Gasteiger partial charge in [-0.25, -0.2) is 22.0 Å². The molecule has 0 aromatic carbocycles. The van der Waals surface area contributed by atoms with Crippen molar-refractivity contribution in [2.24, 2.45) is 13.0 Å². The number of pyridine rings is 1. The van der Waals surface area contributed by atoms with Crippen LogP contribution in [0.2, 0.25) is 0 Å². The number of rotatable bonds is 5. The number of piperidine rings is 1. The lowest BCUT2D eigenvalue weighted by Gasteiger charge is -2.35. The number of alkyl halides is 4. The molecule has 1 N–H and O–H groups in total. The van der Waals surface area contributed by atoms with Crippen LogP contribution in [0.3, 0.4) is 0 Å². The van der Waals surface area contributed by atoms with Crippen LogP contribution in [0.5, 0.6) is 0 Å². The van der Waals surface area contributed by atoms with Crippen LogP contribution in [0.15, 0.2) is 29.4 Å². The summed E-state index contributed by atoms with van der Waals surface area (Å²) in [4.78, 5) is 16.5. The molecule has 2 aromatic heterocycles. The smallest absolute Gasteiger partial charge is 0.325 e. The number of aromatic nitrogens is 3. The topological polar surface area (TPSA) is 97.2 Å². The van der Waals surface area contributed by atoms with Crippen molar-refractivity contribution in [3.05, 3.63) is 35.9 Å². The van der Waals surface area contributed by atoms with E-state index in [0.717, 1.165) is 10.4 Å². The molecule has 31 heavy (non-hydrogen) atoms. The highest BCUT2D eigenvalue weighted by Crippen LogP contribution is 2.42. The zero-order valence-electron chi connectivity index (χ0n) is 16.7. The van der Waals surface area contributed by atoms with Crippen molar-refractivity contribution in [3.8, 4) is 0 Å². The van der Waals surface area contributed by atoms with Crippen molar-refractivity contribution < 1.29 is 30.8 Å². The minimum atomic E-state index is -5.41. The van der Waals surface area contributed by atoms with Gasteiger partial charge in [-0.1, -0.05) is 0 Å². The lowest BCUT2D eigenvalue weighted by molar-refractivity contribution is 0.000233. The maximum atomic E-state index is 14.9. The molecule has 0 radical (unpaired) electrons. The summed E-state index contributed by atoms with van der Waals surface area (Å²) >= 11 is 0. The molecule has 170 valence electrons. The fourth-order valence-electron chi connectivity index (χ4n) is 3.37. The first-order chi connectivity index (χ1) is 14.4. The highest BCUT2D eigenvalue weighted by atomic mass is 32.2. The summed E-state index contributed by atoms with van der Waals surface area (Å²) < 4.78 is 81.9. The van der Waals surface area contributed by atoms with Gasteiger partial charge in [0.15, 0.2) is 0 Å². The van der Waals surface area contributed by atoms with E-state index in [-0.39, 0.29) is 25.9 Å². The van der Waals surface area contributed by atoms with E-state index in [1.54, 1.807) is 19.1 Å². The predicted molar refractivity (Wildman–Crippen MR) is 103 cm³/mol. The molecule has 13 heteroatoms. The summed E-state index contributed by atoms with van der Waals surface area (Å²) in [5.41, 5.74) is -0.0155. The second-order valence-electron chi connectivity index (χ2n) is 7.30. The van der Waals surface area contributed by atoms with Gasteiger partial charge in [-0.05, 0) is 31.9 Å². The third-order valence-corrected chi connectivity index (χ3v) is 7.04. The number of anilines is 1. The third kappa shape index (κ3) is 4.50. The Morgan fingerprint density at radius 2 is 1.90 bits per heavy atom.